The highest BCUT2D eigenvalue weighted by atomic mass is 16.4. The maximum atomic E-state index is 12.3. The van der Waals surface area contributed by atoms with Gasteiger partial charge in [0.15, 0.2) is 0 Å². The standard InChI is InChI=1S/C13H21N3O3/c1-10(2)16(7-3-6-14)13(19)15-8-4-11(5-9-15)12(17)18/h10-11H,3-5,7-9H2,1-2H3,(H,17,18). The zero-order chi connectivity index (χ0) is 14.4. The summed E-state index contributed by atoms with van der Waals surface area (Å²) in [7, 11) is 0. The number of hydrogen-bond acceptors (Lipinski definition) is 3. The van der Waals surface area contributed by atoms with Gasteiger partial charge in [-0.1, -0.05) is 0 Å². The fraction of sp³-hybridized carbons (Fsp3) is 0.769. The van der Waals surface area contributed by atoms with Gasteiger partial charge in [0.2, 0.25) is 0 Å². The van der Waals surface area contributed by atoms with Crippen molar-refractivity contribution in [3.8, 4) is 6.07 Å². The van der Waals surface area contributed by atoms with E-state index >= 15 is 0 Å². The molecule has 0 aliphatic carbocycles. The third kappa shape index (κ3) is 4.12. The Bertz CT molecular complexity index is 368. The average Bonchev–Trinajstić information content (AvgIpc) is 2.38. The second kappa shape index (κ2) is 6.98. The van der Waals surface area contributed by atoms with Crippen molar-refractivity contribution >= 4 is 12.0 Å². The molecule has 0 aromatic heterocycles. The summed E-state index contributed by atoms with van der Waals surface area (Å²) in [6.07, 6.45) is 1.33. The molecule has 0 spiro atoms. The molecule has 0 radical (unpaired) electrons. The van der Waals surface area contributed by atoms with E-state index in [1.807, 2.05) is 19.9 Å². The van der Waals surface area contributed by atoms with Crippen molar-refractivity contribution < 1.29 is 14.7 Å². The van der Waals surface area contributed by atoms with Gasteiger partial charge in [0.1, 0.15) is 0 Å². The first kappa shape index (κ1) is 15.3. The number of urea groups is 1. The Morgan fingerprint density at radius 1 is 1.42 bits per heavy atom. The average molecular weight is 267 g/mol. The molecule has 1 fully saturated rings. The minimum atomic E-state index is -0.780. The third-order valence-electron chi connectivity index (χ3n) is 3.45. The first-order valence-corrected chi connectivity index (χ1v) is 6.62. The summed E-state index contributed by atoms with van der Waals surface area (Å²) in [6, 6.07) is 1.99. The lowest BCUT2D eigenvalue weighted by Crippen LogP contribution is -2.50. The minimum Gasteiger partial charge on any atom is -0.481 e. The van der Waals surface area contributed by atoms with Crippen LogP contribution in [-0.4, -0.2) is 52.6 Å². The summed E-state index contributed by atoms with van der Waals surface area (Å²) < 4.78 is 0. The number of carboxylic acid groups (broad SMARTS) is 1. The Hall–Kier alpha value is -1.77. The molecule has 0 bridgehead atoms. The van der Waals surface area contributed by atoms with E-state index in [0.29, 0.717) is 38.9 Å². The van der Waals surface area contributed by atoms with Gasteiger partial charge >= 0.3 is 12.0 Å². The van der Waals surface area contributed by atoms with Gasteiger partial charge in [-0.15, -0.1) is 0 Å². The van der Waals surface area contributed by atoms with Crippen molar-refractivity contribution in [1.82, 2.24) is 9.80 Å². The van der Waals surface area contributed by atoms with Crippen LogP contribution >= 0.6 is 0 Å². The molecule has 0 aromatic rings. The summed E-state index contributed by atoms with van der Waals surface area (Å²) in [4.78, 5) is 26.5. The van der Waals surface area contributed by atoms with Crippen molar-refractivity contribution in [2.75, 3.05) is 19.6 Å². The number of nitrogens with zero attached hydrogens (tertiary/aromatic N) is 3. The number of piperidine rings is 1. The molecule has 1 heterocycles. The zero-order valence-corrected chi connectivity index (χ0v) is 11.5. The molecule has 6 nitrogen and oxygen atoms in total. The van der Waals surface area contributed by atoms with Crippen LogP contribution in [0.15, 0.2) is 0 Å². The predicted octanol–water partition coefficient (Wildman–Crippen LogP) is 1.53. The van der Waals surface area contributed by atoms with Gasteiger partial charge < -0.3 is 14.9 Å². The van der Waals surface area contributed by atoms with Crippen molar-refractivity contribution in [1.29, 1.82) is 5.26 Å². The van der Waals surface area contributed by atoms with Gasteiger partial charge in [0.25, 0.3) is 0 Å². The van der Waals surface area contributed by atoms with Crippen LogP contribution in [0.1, 0.15) is 33.1 Å². The molecule has 0 atom stereocenters. The Labute approximate surface area is 113 Å². The van der Waals surface area contributed by atoms with Gasteiger partial charge in [0, 0.05) is 25.7 Å². The Kier molecular flexibility index (Phi) is 5.61. The lowest BCUT2D eigenvalue weighted by atomic mass is 9.97. The summed E-state index contributed by atoms with van der Waals surface area (Å²) in [5.74, 6) is -1.12. The lowest BCUT2D eigenvalue weighted by molar-refractivity contribution is -0.143. The lowest BCUT2D eigenvalue weighted by Gasteiger charge is -2.36. The van der Waals surface area contributed by atoms with Crippen molar-refractivity contribution in [2.24, 2.45) is 5.92 Å². The van der Waals surface area contributed by atoms with E-state index in [2.05, 4.69) is 0 Å². The fourth-order valence-corrected chi connectivity index (χ4v) is 2.24. The molecule has 0 aromatic carbocycles. The van der Waals surface area contributed by atoms with Gasteiger partial charge in [-0.05, 0) is 26.7 Å². The molecule has 1 aliphatic rings. The van der Waals surface area contributed by atoms with E-state index in [1.165, 1.54) is 0 Å². The highest BCUT2D eigenvalue weighted by Crippen LogP contribution is 2.19. The minimum absolute atomic E-state index is 0.0399. The van der Waals surface area contributed by atoms with Crippen molar-refractivity contribution in [2.45, 2.75) is 39.2 Å². The number of carboxylic acids is 1. The normalized spacial score (nSPS) is 16.2. The SMILES string of the molecule is CC(C)N(CCC#N)C(=O)N1CCC(C(=O)O)CC1. The van der Waals surface area contributed by atoms with Gasteiger partial charge in [0.05, 0.1) is 18.4 Å². The predicted molar refractivity (Wildman–Crippen MR) is 69.4 cm³/mol. The Morgan fingerprint density at radius 2 is 2.00 bits per heavy atom. The number of likely N-dealkylation sites (tertiary alicyclic amines) is 1. The highest BCUT2D eigenvalue weighted by molar-refractivity contribution is 5.76. The first-order valence-electron chi connectivity index (χ1n) is 6.62. The van der Waals surface area contributed by atoms with Crippen molar-refractivity contribution in [3.63, 3.8) is 0 Å². The summed E-state index contributed by atoms with van der Waals surface area (Å²) in [5.41, 5.74) is 0. The molecular formula is C13H21N3O3. The van der Waals surface area contributed by atoms with E-state index in [-0.39, 0.29) is 18.0 Å². The van der Waals surface area contributed by atoms with Crippen LogP contribution in [0.4, 0.5) is 4.79 Å². The quantitative estimate of drug-likeness (QED) is 0.837. The van der Waals surface area contributed by atoms with Crippen LogP contribution in [0.3, 0.4) is 0 Å². The molecule has 1 saturated heterocycles. The molecule has 19 heavy (non-hydrogen) atoms. The van der Waals surface area contributed by atoms with E-state index in [1.54, 1.807) is 9.80 Å². The Balaban J connectivity index is 2.57. The smallest absolute Gasteiger partial charge is 0.320 e. The topological polar surface area (TPSA) is 84.6 Å². The van der Waals surface area contributed by atoms with Crippen LogP contribution in [0.25, 0.3) is 0 Å². The summed E-state index contributed by atoms with van der Waals surface area (Å²) >= 11 is 0. The second-order valence-electron chi connectivity index (χ2n) is 5.08. The highest BCUT2D eigenvalue weighted by Gasteiger charge is 2.29. The van der Waals surface area contributed by atoms with Crippen LogP contribution in [-0.2, 0) is 4.79 Å². The van der Waals surface area contributed by atoms with Crippen LogP contribution in [0.5, 0.6) is 0 Å². The monoisotopic (exact) mass is 267 g/mol. The molecule has 0 saturated carbocycles. The number of aliphatic carboxylic acids is 1. The first-order chi connectivity index (χ1) is 8.97. The molecule has 6 heteroatoms. The molecule has 106 valence electrons. The van der Waals surface area contributed by atoms with E-state index in [4.69, 9.17) is 10.4 Å². The Morgan fingerprint density at radius 3 is 2.42 bits per heavy atom. The van der Waals surface area contributed by atoms with E-state index in [0.717, 1.165) is 0 Å². The number of amides is 2. The number of carbonyl (C=O) groups is 2. The van der Waals surface area contributed by atoms with E-state index < -0.39 is 5.97 Å². The third-order valence-corrected chi connectivity index (χ3v) is 3.45. The number of carbonyl (C=O) groups excluding carboxylic acids is 1. The summed E-state index contributed by atoms with van der Waals surface area (Å²) in [5, 5.41) is 17.5. The molecule has 0 unspecified atom stereocenters. The van der Waals surface area contributed by atoms with E-state index in [9.17, 15) is 9.59 Å². The maximum absolute atomic E-state index is 12.3. The summed E-state index contributed by atoms with van der Waals surface area (Å²) in [6.45, 7) is 5.21. The van der Waals surface area contributed by atoms with Gasteiger partial charge in [-0.25, -0.2) is 4.79 Å². The van der Waals surface area contributed by atoms with Crippen LogP contribution in [0.2, 0.25) is 0 Å². The largest absolute Gasteiger partial charge is 0.481 e. The molecular weight excluding hydrogens is 246 g/mol. The zero-order valence-electron chi connectivity index (χ0n) is 11.5. The molecule has 1 aliphatic heterocycles. The fourth-order valence-electron chi connectivity index (χ4n) is 2.24. The maximum Gasteiger partial charge on any atom is 0.320 e. The molecule has 2 amide bonds. The molecule has 1 N–H and O–H groups in total. The van der Waals surface area contributed by atoms with Gasteiger partial charge in [-0.2, -0.15) is 5.26 Å². The number of nitriles is 1. The number of rotatable bonds is 4. The second-order valence-corrected chi connectivity index (χ2v) is 5.08. The number of hydrogen-bond donors (Lipinski definition) is 1. The van der Waals surface area contributed by atoms with Gasteiger partial charge in [-0.3, -0.25) is 4.79 Å². The molecule has 1 rings (SSSR count). The van der Waals surface area contributed by atoms with Crippen LogP contribution in [0, 0.1) is 17.2 Å². The van der Waals surface area contributed by atoms with Crippen molar-refractivity contribution in [3.05, 3.63) is 0 Å². The van der Waals surface area contributed by atoms with Crippen LogP contribution < -0.4 is 0 Å².